The molecule has 0 fully saturated rings. The van der Waals surface area contributed by atoms with Crippen molar-refractivity contribution < 1.29 is 38.4 Å². The number of hydrogen-bond donors (Lipinski definition) is 4. The third kappa shape index (κ3) is 13.1. The zero-order valence-corrected chi connectivity index (χ0v) is 25.5. The van der Waals surface area contributed by atoms with E-state index in [0.29, 0.717) is 6.54 Å². The molecule has 0 bridgehead atoms. The van der Waals surface area contributed by atoms with E-state index in [-0.39, 0.29) is 77.4 Å². The number of imide groups is 4. The number of nitrogens with one attached hydrogen (secondary N) is 4. The highest BCUT2D eigenvalue weighted by atomic mass is 16.2. The molecule has 0 aromatic carbocycles. The van der Waals surface area contributed by atoms with Gasteiger partial charge < -0.3 is 21.3 Å². The van der Waals surface area contributed by atoms with E-state index in [9.17, 15) is 38.4 Å². The Morgan fingerprint density at radius 2 is 0.714 bits per heavy atom. The van der Waals surface area contributed by atoms with E-state index in [4.69, 9.17) is 0 Å². The van der Waals surface area contributed by atoms with Gasteiger partial charge in [0.05, 0.1) is 0 Å². The van der Waals surface area contributed by atoms with Crippen LogP contribution in [0.3, 0.4) is 0 Å². The average Bonchev–Trinajstić information content (AvgIpc) is 2.97. The van der Waals surface area contributed by atoms with Crippen LogP contribution in [-0.2, 0) is 24.0 Å². The topological polar surface area (TPSA) is 198 Å². The Morgan fingerprint density at radius 3 is 0.976 bits per heavy atom. The van der Waals surface area contributed by atoms with Crippen molar-refractivity contribution in [1.29, 1.82) is 0 Å². The standard InChI is InChI=1S/C26H46N8O8/c1-7-20(36)31(19(5)35)16-12-28-25(41)33(22(38)9-3)18-14-30-26(42)34(23(39)10-4)17-13-29-24(40)32(15-11-27-6)21(37)8-2/h27H,7-18H2,1-6H3,(H,28,41)(H,29,40)(H,30,42). The SMILES string of the molecule is CCC(=O)N(CCNC(=O)N(CCNC(=O)N(CCNC(=O)N(CCNC)C(=O)CC)C(=O)CC)C(=O)CC)C(C)=O. The fourth-order valence-electron chi connectivity index (χ4n) is 3.57. The second-order valence-corrected chi connectivity index (χ2v) is 8.91. The highest BCUT2D eigenvalue weighted by Crippen LogP contribution is 2.00. The van der Waals surface area contributed by atoms with Crippen LogP contribution in [0, 0.1) is 0 Å². The molecule has 0 aromatic heterocycles. The molecule has 4 N–H and O–H groups in total. The van der Waals surface area contributed by atoms with Crippen molar-refractivity contribution in [2.24, 2.45) is 0 Å². The lowest BCUT2D eigenvalue weighted by atomic mass is 10.3. The molecule has 0 aromatic rings. The molecule has 0 rings (SSSR count). The maximum absolute atomic E-state index is 12.8. The molecule has 0 saturated carbocycles. The summed E-state index contributed by atoms with van der Waals surface area (Å²) in [6.45, 7) is 7.33. The minimum atomic E-state index is -0.785. The molecule has 0 spiro atoms. The largest absolute Gasteiger partial charge is 0.336 e. The Labute approximate surface area is 246 Å². The summed E-state index contributed by atoms with van der Waals surface area (Å²) < 4.78 is 0. The molecule has 16 heteroatoms. The van der Waals surface area contributed by atoms with Crippen LogP contribution in [0.4, 0.5) is 14.4 Å². The van der Waals surface area contributed by atoms with Crippen LogP contribution in [-0.4, -0.2) is 127 Å². The Bertz CT molecular complexity index is 974. The van der Waals surface area contributed by atoms with E-state index in [0.717, 1.165) is 19.6 Å². The summed E-state index contributed by atoms with van der Waals surface area (Å²) in [5.41, 5.74) is 0. The van der Waals surface area contributed by atoms with Gasteiger partial charge in [0.15, 0.2) is 0 Å². The molecule has 42 heavy (non-hydrogen) atoms. The Balaban J connectivity index is 5.12. The van der Waals surface area contributed by atoms with Gasteiger partial charge in [-0.25, -0.2) is 14.4 Å². The molecule has 0 aliphatic carbocycles. The smallest absolute Gasteiger partial charge is 0.324 e. The molecular weight excluding hydrogens is 552 g/mol. The predicted octanol–water partition coefficient (Wildman–Crippen LogP) is -0.164. The van der Waals surface area contributed by atoms with Gasteiger partial charge in [-0.3, -0.25) is 43.6 Å². The molecule has 0 aliphatic rings. The van der Waals surface area contributed by atoms with E-state index in [1.54, 1.807) is 34.7 Å². The monoisotopic (exact) mass is 598 g/mol. The van der Waals surface area contributed by atoms with Gasteiger partial charge in [-0.2, -0.15) is 0 Å². The zero-order chi connectivity index (χ0) is 32.2. The van der Waals surface area contributed by atoms with E-state index in [1.807, 2.05) is 0 Å². The highest BCUT2D eigenvalue weighted by Gasteiger charge is 2.24. The van der Waals surface area contributed by atoms with Crippen LogP contribution in [0.25, 0.3) is 0 Å². The second-order valence-electron chi connectivity index (χ2n) is 8.91. The third-order valence-corrected chi connectivity index (χ3v) is 5.95. The molecule has 16 nitrogen and oxygen atoms in total. The van der Waals surface area contributed by atoms with E-state index < -0.39 is 41.7 Å². The molecule has 238 valence electrons. The fourth-order valence-corrected chi connectivity index (χ4v) is 3.57. The zero-order valence-electron chi connectivity index (χ0n) is 25.5. The van der Waals surface area contributed by atoms with Gasteiger partial charge in [0.25, 0.3) is 0 Å². The number of likely N-dealkylation sites (N-methyl/N-ethyl adjacent to an activating group) is 1. The number of carbonyl (C=O) groups is 8. The first-order valence-corrected chi connectivity index (χ1v) is 14.1. The second kappa shape index (κ2) is 20.7. The van der Waals surface area contributed by atoms with Crippen molar-refractivity contribution in [2.75, 3.05) is 59.4 Å². The number of amides is 11. The summed E-state index contributed by atoms with van der Waals surface area (Å²) in [5.74, 6) is -2.28. The number of nitrogens with zero attached hydrogens (tertiary/aromatic N) is 4. The van der Waals surface area contributed by atoms with Crippen molar-refractivity contribution in [1.82, 2.24) is 40.9 Å². The highest BCUT2D eigenvalue weighted by molar-refractivity contribution is 5.96. The van der Waals surface area contributed by atoms with E-state index >= 15 is 0 Å². The number of carbonyl (C=O) groups excluding carboxylic acids is 8. The summed E-state index contributed by atoms with van der Waals surface area (Å²) in [6, 6.07) is -2.20. The molecule has 0 unspecified atom stereocenters. The van der Waals surface area contributed by atoms with Crippen LogP contribution >= 0.6 is 0 Å². The summed E-state index contributed by atoms with van der Waals surface area (Å²) in [7, 11) is 1.68. The van der Waals surface area contributed by atoms with Crippen molar-refractivity contribution in [3.05, 3.63) is 0 Å². The van der Waals surface area contributed by atoms with Crippen LogP contribution in [0.2, 0.25) is 0 Å². The van der Waals surface area contributed by atoms with Gasteiger partial charge in [0.1, 0.15) is 0 Å². The summed E-state index contributed by atoms with van der Waals surface area (Å²) in [6.07, 6.45) is 0.252. The minimum Gasteiger partial charge on any atom is -0.336 e. The first-order chi connectivity index (χ1) is 19.9. The van der Waals surface area contributed by atoms with Gasteiger partial charge in [0, 0.05) is 85.0 Å². The lowest BCUT2D eigenvalue weighted by Crippen LogP contribution is -2.52. The summed E-state index contributed by atoms with van der Waals surface area (Å²) >= 11 is 0. The molecular formula is C26H46N8O8. The quantitative estimate of drug-likeness (QED) is 0.186. The van der Waals surface area contributed by atoms with Crippen LogP contribution in [0.5, 0.6) is 0 Å². The number of rotatable bonds is 16. The normalized spacial score (nSPS) is 10.2. The van der Waals surface area contributed by atoms with Crippen LogP contribution < -0.4 is 21.3 Å². The summed E-state index contributed by atoms with van der Waals surface area (Å²) in [5, 5.41) is 10.4. The Hall–Kier alpha value is -4.08. The number of urea groups is 3. The maximum Gasteiger partial charge on any atom is 0.324 e. The lowest BCUT2D eigenvalue weighted by Gasteiger charge is -2.25. The predicted molar refractivity (Wildman–Crippen MR) is 153 cm³/mol. The molecule has 11 amide bonds. The first-order valence-electron chi connectivity index (χ1n) is 14.1. The van der Waals surface area contributed by atoms with Crippen molar-refractivity contribution in [3.8, 4) is 0 Å². The van der Waals surface area contributed by atoms with Gasteiger partial charge >= 0.3 is 18.1 Å². The molecule has 0 radical (unpaired) electrons. The van der Waals surface area contributed by atoms with Crippen LogP contribution in [0.1, 0.15) is 60.3 Å². The number of hydrogen-bond acceptors (Lipinski definition) is 9. The van der Waals surface area contributed by atoms with Crippen molar-refractivity contribution >= 4 is 47.6 Å². The molecule has 0 atom stereocenters. The van der Waals surface area contributed by atoms with E-state index in [1.165, 1.54) is 6.92 Å². The third-order valence-electron chi connectivity index (χ3n) is 5.95. The van der Waals surface area contributed by atoms with Crippen molar-refractivity contribution in [2.45, 2.75) is 60.3 Å². The lowest BCUT2D eigenvalue weighted by molar-refractivity contribution is -0.143. The van der Waals surface area contributed by atoms with Gasteiger partial charge in [-0.15, -0.1) is 0 Å². The fraction of sp³-hybridized carbons (Fsp3) is 0.692. The van der Waals surface area contributed by atoms with Gasteiger partial charge in [0.2, 0.25) is 29.5 Å². The Kier molecular flexibility index (Phi) is 18.7. The summed E-state index contributed by atoms with van der Waals surface area (Å²) in [4.78, 5) is 102. The molecule has 0 heterocycles. The van der Waals surface area contributed by atoms with Crippen molar-refractivity contribution in [3.63, 3.8) is 0 Å². The van der Waals surface area contributed by atoms with Gasteiger partial charge in [-0.1, -0.05) is 27.7 Å². The van der Waals surface area contributed by atoms with E-state index in [2.05, 4.69) is 21.3 Å². The molecule has 0 saturated heterocycles. The average molecular weight is 599 g/mol. The Morgan fingerprint density at radius 1 is 0.452 bits per heavy atom. The van der Waals surface area contributed by atoms with Crippen LogP contribution in [0.15, 0.2) is 0 Å². The maximum atomic E-state index is 12.8. The first kappa shape index (κ1) is 37.9. The minimum absolute atomic E-state index is 0.00126. The molecule has 0 aliphatic heterocycles. The van der Waals surface area contributed by atoms with Gasteiger partial charge in [-0.05, 0) is 7.05 Å².